The van der Waals surface area contributed by atoms with Gasteiger partial charge in [0.25, 0.3) is 0 Å². The minimum absolute atomic E-state index is 0.262. The van der Waals surface area contributed by atoms with Gasteiger partial charge < -0.3 is 9.64 Å². The van der Waals surface area contributed by atoms with Crippen LogP contribution in [0, 0.1) is 5.82 Å². The van der Waals surface area contributed by atoms with Crippen molar-refractivity contribution >= 4 is 0 Å². The van der Waals surface area contributed by atoms with Gasteiger partial charge in [-0.3, -0.25) is 0 Å². The summed E-state index contributed by atoms with van der Waals surface area (Å²) in [7, 11) is 3.56. The first-order chi connectivity index (χ1) is 6.72. The largest absolute Gasteiger partial charge is 0.493 e. The molecule has 1 aliphatic rings. The predicted molar refractivity (Wildman–Crippen MR) is 53.0 cm³/mol. The molecule has 2 rings (SSSR count). The number of hydrogen-bond donors (Lipinski definition) is 0. The fourth-order valence-electron chi connectivity index (χ4n) is 1.93. The standard InChI is InChI=1S/C11H14FNO/c1-13-6-5-8-3-4-10(12)11(14-2)9(8)7-13/h3-4H,5-7H2,1-2H3. The van der Waals surface area contributed by atoms with E-state index in [0.29, 0.717) is 5.75 Å². The Morgan fingerprint density at radius 3 is 2.93 bits per heavy atom. The molecule has 0 atom stereocenters. The SMILES string of the molecule is COc1c(F)ccc2c1CN(C)CC2. The Morgan fingerprint density at radius 2 is 2.21 bits per heavy atom. The second kappa shape index (κ2) is 3.58. The van der Waals surface area contributed by atoms with Gasteiger partial charge in [0.2, 0.25) is 0 Å². The van der Waals surface area contributed by atoms with Gasteiger partial charge >= 0.3 is 0 Å². The summed E-state index contributed by atoms with van der Waals surface area (Å²) in [6, 6.07) is 3.35. The third kappa shape index (κ3) is 1.48. The second-order valence-corrected chi connectivity index (χ2v) is 3.71. The molecule has 1 aromatic rings. The lowest BCUT2D eigenvalue weighted by molar-refractivity contribution is 0.297. The molecule has 0 saturated carbocycles. The van der Waals surface area contributed by atoms with Gasteiger partial charge in [-0.15, -0.1) is 0 Å². The number of fused-ring (bicyclic) bond motifs is 1. The lowest BCUT2D eigenvalue weighted by atomic mass is 9.99. The molecule has 1 aliphatic heterocycles. The van der Waals surface area contributed by atoms with Gasteiger partial charge in [0.05, 0.1) is 7.11 Å². The molecule has 0 bridgehead atoms. The lowest BCUT2D eigenvalue weighted by Gasteiger charge is -2.26. The van der Waals surface area contributed by atoms with Gasteiger partial charge in [-0.2, -0.15) is 0 Å². The highest BCUT2D eigenvalue weighted by atomic mass is 19.1. The third-order valence-corrected chi connectivity index (χ3v) is 2.70. The van der Waals surface area contributed by atoms with Crippen molar-refractivity contribution in [3.8, 4) is 5.75 Å². The summed E-state index contributed by atoms with van der Waals surface area (Å²) in [5.41, 5.74) is 2.21. The van der Waals surface area contributed by atoms with Crippen molar-refractivity contribution in [2.75, 3.05) is 20.7 Å². The Morgan fingerprint density at radius 1 is 1.43 bits per heavy atom. The summed E-state index contributed by atoms with van der Waals surface area (Å²) in [5.74, 6) is 0.149. The Kier molecular flexibility index (Phi) is 2.42. The molecule has 0 unspecified atom stereocenters. The van der Waals surface area contributed by atoms with Crippen LogP contribution < -0.4 is 4.74 Å². The van der Waals surface area contributed by atoms with Gasteiger partial charge in [0.1, 0.15) is 0 Å². The molecule has 3 heteroatoms. The first-order valence-corrected chi connectivity index (χ1v) is 4.75. The highest BCUT2D eigenvalue weighted by molar-refractivity contribution is 5.42. The minimum atomic E-state index is -0.262. The highest BCUT2D eigenvalue weighted by Crippen LogP contribution is 2.29. The van der Waals surface area contributed by atoms with Gasteiger partial charge in [0, 0.05) is 18.7 Å². The quantitative estimate of drug-likeness (QED) is 0.677. The number of benzene rings is 1. The van der Waals surface area contributed by atoms with Gasteiger partial charge in [0.15, 0.2) is 11.6 Å². The van der Waals surface area contributed by atoms with Gasteiger partial charge in [-0.1, -0.05) is 6.07 Å². The van der Waals surface area contributed by atoms with Crippen LogP contribution in [0.15, 0.2) is 12.1 Å². The number of methoxy groups -OCH3 is 1. The lowest BCUT2D eigenvalue weighted by Crippen LogP contribution is -2.27. The molecule has 0 amide bonds. The maximum absolute atomic E-state index is 13.4. The van der Waals surface area contributed by atoms with E-state index in [-0.39, 0.29) is 5.82 Å². The van der Waals surface area contributed by atoms with E-state index in [4.69, 9.17) is 4.74 Å². The molecule has 14 heavy (non-hydrogen) atoms. The van der Waals surface area contributed by atoms with Crippen LogP contribution in [0.5, 0.6) is 5.75 Å². The molecule has 1 aromatic carbocycles. The van der Waals surface area contributed by atoms with Crippen LogP contribution in [0.4, 0.5) is 4.39 Å². The van der Waals surface area contributed by atoms with E-state index in [0.717, 1.165) is 25.1 Å². The maximum atomic E-state index is 13.4. The molecular formula is C11H14FNO. The third-order valence-electron chi connectivity index (χ3n) is 2.70. The van der Waals surface area contributed by atoms with E-state index in [1.54, 1.807) is 0 Å². The fourth-order valence-corrected chi connectivity index (χ4v) is 1.93. The Bertz CT molecular complexity index is 351. The van der Waals surface area contributed by atoms with Crippen LogP contribution in [-0.4, -0.2) is 25.6 Å². The number of rotatable bonds is 1. The summed E-state index contributed by atoms with van der Waals surface area (Å²) in [6.07, 6.45) is 0.975. The van der Waals surface area contributed by atoms with Crippen molar-refractivity contribution in [3.63, 3.8) is 0 Å². The predicted octanol–water partition coefficient (Wildman–Crippen LogP) is 1.82. The summed E-state index contributed by atoms with van der Waals surface area (Å²) in [5, 5.41) is 0. The van der Waals surface area contributed by atoms with E-state index >= 15 is 0 Å². The van der Waals surface area contributed by atoms with Gasteiger partial charge in [-0.25, -0.2) is 4.39 Å². The molecule has 0 radical (unpaired) electrons. The van der Waals surface area contributed by atoms with Gasteiger partial charge in [-0.05, 0) is 25.1 Å². The number of nitrogens with zero attached hydrogens (tertiary/aromatic N) is 1. The van der Waals surface area contributed by atoms with Crippen molar-refractivity contribution in [2.24, 2.45) is 0 Å². The van der Waals surface area contributed by atoms with Crippen LogP contribution in [0.1, 0.15) is 11.1 Å². The zero-order valence-corrected chi connectivity index (χ0v) is 8.51. The minimum Gasteiger partial charge on any atom is -0.493 e. The van der Waals surface area contributed by atoms with E-state index in [2.05, 4.69) is 4.90 Å². The zero-order chi connectivity index (χ0) is 10.1. The van der Waals surface area contributed by atoms with E-state index < -0.39 is 0 Å². The first-order valence-electron chi connectivity index (χ1n) is 4.75. The molecule has 0 N–H and O–H groups in total. The molecule has 2 nitrogen and oxygen atoms in total. The fraction of sp³-hybridized carbons (Fsp3) is 0.455. The molecular weight excluding hydrogens is 181 g/mol. The zero-order valence-electron chi connectivity index (χ0n) is 8.51. The Balaban J connectivity index is 2.49. The number of halogens is 1. The van der Waals surface area contributed by atoms with E-state index in [1.165, 1.54) is 18.7 Å². The van der Waals surface area contributed by atoms with Crippen LogP contribution >= 0.6 is 0 Å². The smallest absolute Gasteiger partial charge is 0.165 e. The van der Waals surface area contributed by atoms with Crippen molar-refractivity contribution in [1.82, 2.24) is 4.90 Å². The Hall–Kier alpha value is -1.09. The van der Waals surface area contributed by atoms with Crippen LogP contribution in [-0.2, 0) is 13.0 Å². The van der Waals surface area contributed by atoms with Crippen LogP contribution in [0.25, 0.3) is 0 Å². The van der Waals surface area contributed by atoms with E-state index in [9.17, 15) is 4.39 Å². The highest BCUT2D eigenvalue weighted by Gasteiger charge is 2.19. The summed E-state index contributed by atoms with van der Waals surface area (Å²) in [6.45, 7) is 1.80. The summed E-state index contributed by atoms with van der Waals surface area (Å²) >= 11 is 0. The molecule has 0 saturated heterocycles. The number of likely N-dealkylation sites (N-methyl/N-ethyl adjacent to an activating group) is 1. The topological polar surface area (TPSA) is 12.5 Å². The van der Waals surface area contributed by atoms with Crippen molar-refractivity contribution in [1.29, 1.82) is 0 Å². The van der Waals surface area contributed by atoms with Crippen LogP contribution in [0.2, 0.25) is 0 Å². The van der Waals surface area contributed by atoms with Crippen molar-refractivity contribution in [3.05, 3.63) is 29.1 Å². The number of ether oxygens (including phenoxy) is 1. The molecule has 0 aliphatic carbocycles. The van der Waals surface area contributed by atoms with Crippen molar-refractivity contribution < 1.29 is 9.13 Å². The second-order valence-electron chi connectivity index (χ2n) is 3.71. The molecule has 0 fully saturated rings. The average Bonchev–Trinajstić information content (AvgIpc) is 2.17. The molecule has 0 aromatic heterocycles. The summed E-state index contributed by atoms with van der Waals surface area (Å²) in [4.78, 5) is 2.17. The molecule has 1 heterocycles. The summed E-state index contributed by atoms with van der Waals surface area (Å²) < 4.78 is 18.5. The number of hydrogen-bond acceptors (Lipinski definition) is 2. The first kappa shape index (κ1) is 9.46. The molecule has 76 valence electrons. The monoisotopic (exact) mass is 195 g/mol. The maximum Gasteiger partial charge on any atom is 0.165 e. The molecule has 0 spiro atoms. The van der Waals surface area contributed by atoms with E-state index in [1.807, 2.05) is 13.1 Å². The van der Waals surface area contributed by atoms with Crippen LogP contribution in [0.3, 0.4) is 0 Å². The van der Waals surface area contributed by atoms with Crippen molar-refractivity contribution in [2.45, 2.75) is 13.0 Å². The Labute approximate surface area is 83.3 Å². The normalized spacial score (nSPS) is 16.5. The average molecular weight is 195 g/mol.